The molecule has 0 fully saturated rings. The van der Waals surface area contributed by atoms with Gasteiger partial charge in [0.25, 0.3) is 0 Å². The fraction of sp³-hybridized carbons (Fsp3) is 0.538. The highest BCUT2D eigenvalue weighted by atomic mass is 35.5. The van der Waals surface area contributed by atoms with E-state index in [-0.39, 0.29) is 0 Å². The van der Waals surface area contributed by atoms with E-state index in [0.717, 1.165) is 23.7 Å². The molecular weight excluding hydrogens is 317 g/mol. The predicted molar refractivity (Wildman–Crippen MR) is 86.5 cm³/mol. The van der Waals surface area contributed by atoms with Crippen LogP contribution in [0.5, 0.6) is 0 Å². The van der Waals surface area contributed by atoms with Gasteiger partial charge in [-0.3, -0.25) is 0 Å². The summed E-state index contributed by atoms with van der Waals surface area (Å²) in [6.45, 7) is 2.91. The third-order valence-corrected chi connectivity index (χ3v) is 6.58. The maximum Gasteiger partial charge on any atom is 0.389 e. The van der Waals surface area contributed by atoms with Crippen molar-refractivity contribution in [2.45, 2.75) is 20.4 Å². The highest BCUT2D eigenvalue weighted by Gasteiger charge is 2.23. The van der Waals surface area contributed by atoms with Gasteiger partial charge in [-0.05, 0) is 42.9 Å². The van der Waals surface area contributed by atoms with Gasteiger partial charge in [0, 0.05) is 23.9 Å². The molecule has 7 heteroatoms. The monoisotopic (exact) mass is 337 g/mol. The molecule has 0 atom stereocenters. The average Bonchev–Trinajstić information content (AvgIpc) is 2.41. The second-order valence-corrected chi connectivity index (χ2v) is 8.55. The van der Waals surface area contributed by atoms with E-state index in [4.69, 9.17) is 20.6 Å². The van der Waals surface area contributed by atoms with E-state index in [1.54, 1.807) is 0 Å². The summed E-state index contributed by atoms with van der Waals surface area (Å²) in [4.78, 5) is 0. The van der Waals surface area contributed by atoms with Crippen LogP contribution in [-0.2, 0) is 20.2 Å². The van der Waals surface area contributed by atoms with Gasteiger partial charge in [-0.15, -0.1) is 0 Å². The van der Waals surface area contributed by atoms with Crippen molar-refractivity contribution in [1.29, 1.82) is 0 Å². The summed E-state index contributed by atoms with van der Waals surface area (Å²) in [6, 6.07) is 7.69. The molecule has 0 spiro atoms. The average molecular weight is 338 g/mol. The molecular formula is C13H21ClNO3PS. The van der Waals surface area contributed by atoms with Crippen LogP contribution in [0.2, 0.25) is 5.02 Å². The van der Waals surface area contributed by atoms with Crippen LogP contribution in [0.25, 0.3) is 0 Å². The molecule has 0 unspecified atom stereocenters. The first-order chi connectivity index (χ1) is 9.59. The molecule has 4 nitrogen and oxygen atoms in total. The van der Waals surface area contributed by atoms with Crippen molar-refractivity contribution in [1.82, 2.24) is 5.32 Å². The largest absolute Gasteiger partial charge is 0.389 e. The first-order valence-electron chi connectivity index (χ1n) is 6.58. The maximum atomic E-state index is 12.2. The van der Waals surface area contributed by atoms with Crippen LogP contribution in [0.4, 0.5) is 0 Å². The highest BCUT2D eigenvalue weighted by molar-refractivity contribution is 8.55. The summed E-state index contributed by atoms with van der Waals surface area (Å²) in [5, 5.41) is 4.02. The number of rotatable bonds is 10. The number of benzene rings is 1. The summed E-state index contributed by atoms with van der Waals surface area (Å²) < 4.78 is 22.6. The minimum atomic E-state index is -2.98. The van der Waals surface area contributed by atoms with E-state index in [1.165, 1.54) is 11.4 Å². The van der Waals surface area contributed by atoms with Gasteiger partial charge < -0.3 is 14.4 Å². The van der Waals surface area contributed by atoms with Gasteiger partial charge in [-0.2, -0.15) is 0 Å². The summed E-state index contributed by atoms with van der Waals surface area (Å²) in [5.41, 5.74) is 1.16. The molecule has 0 radical (unpaired) electrons. The summed E-state index contributed by atoms with van der Waals surface area (Å²) >= 11 is 7.06. The Morgan fingerprint density at radius 3 is 2.35 bits per heavy atom. The molecule has 0 bridgehead atoms. The van der Waals surface area contributed by atoms with Gasteiger partial charge in [0.05, 0.1) is 13.2 Å². The zero-order valence-corrected chi connectivity index (χ0v) is 14.3. The molecule has 1 N–H and O–H groups in total. The summed E-state index contributed by atoms with van der Waals surface area (Å²) in [5.74, 6) is 0.671. The molecule has 20 heavy (non-hydrogen) atoms. The smallest absolute Gasteiger partial charge is 0.312 e. The Hall–Kier alpha value is -0.0300. The van der Waals surface area contributed by atoms with Crippen molar-refractivity contribution in [3.63, 3.8) is 0 Å². The van der Waals surface area contributed by atoms with Crippen molar-refractivity contribution < 1.29 is 13.6 Å². The Balaban J connectivity index is 2.23. The normalized spacial score (nSPS) is 11.8. The van der Waals surface area contributed by atoms with Gasteiger partial charge >= 0.3 is 6.80 Å². The number of halogens is 1. The van der Waals surface area contributed by atoms with E-state index in [1.807, 2.05) is 38.1 Å². The fourth-order valence-electron chi connectivity index (χ4n) is 1.49. The van der Waals surface area contributed by atoms with Crippen LogP contribution >= 0.6 is 29.8 Å². The molecule has 0 aliphatic heterocycles. The Kier molecular flexibility index (Phi) is 8.85. The number of nitrogens with one attached hydrogen (secondary N) is 1. The van der Waals surface area contributed by atoms with E-state index < -0.39 is 6.80 Å². The van der Waals surface area contributed by atoms with Crippen molar-refractivity contribution in [3.05, 3.63) is 34.9 Å². The van der Waals surface area contributed by atoms with Crippen molar-refractivity contribution in [3.8, 4) is 0 Å². The quantitative estimate of drug-likeness (QED) is 0.508. The minimum absolute atomic E-state index is 0.391. The van der Waals surface area contributed by atoms with Crippen molar-refractivity contribution >= 4 is 29.8 Å². The molecule has 0 aromatic heterocycles. The molecule has 0 saturated heterocycles. The van der Waals surface area contributed by atoms with Crippen LogP contribution < -0.4 is 5.32 Å². The lowest BCUT2D eigenvalue weighted by atomic mass is 10.2. The van der Waals surface area contributed by atoms with Crippen LogP contribution in [-0.4, -0.2) is 25.5 Å². The lowest BCUT2D eigenvalue weighted by molar-refractivity contribution is 0.237. The standard InChI is InChI=1S/C13H21ClNO3PS/c1-3-17-19(16,18-4-2)20-10-9-15-11-12-5-7-13(14)8-6-12/h5-8,15H,3-4,9-11H2,1-2H3. The second-order valence-electron chi connectivity index (χ2n) is 3.92. The number of hydrogen-bond donors (Lipinski definition) is 1. The predicted octanol–water partition coefficient (Wildman–Crippen LogP) is 4.34. The van der Waals surface area contributed by atoms with Crippen LogP contribution in [0, 0.1) is 0 Å². The molecule has 1 rings (SSSR count). The van der Waals surface area contributed by atoms with Crippen molar-refractivity contribution in [2.75, 3.05) is 25.5 Å². The molecule has 1 aromatic carbocycles. The molecule has 0 heterocycles. The lowest BCUT2D eigenvalue weighted by Crippen LogP contribution is -2.16. The molecule has 1 aromatic rings. The molecule has 0 amide bonds. The van der Waals surface area contributed by atoms with E-state index in [0.29, 0.717) is 19.0 Å². The van der Waals surface area contributed by atoms with Gasteiger partial charge in [-0.1, -0.05) is 23.7 Å². The van der Waals surface area contributed by atoms with E-state index in [9.17, 15) is 4.57 Å². The van der Waals surface area contributed by atoms with E-state index in [2.05, 4.69) is 5.32 Å². The van der Waals surface area contributed by atoms with Crippen LogP contribution in [0.3, 0.4) is 0 Å². The first-order valence-corrected chi connectivity index (χ1v) is 10.1. The molecule has 0 aliphatic carbocycles. The van der Waals surface area contributed by atoms with Gasteiger partial charge in [0.1, 0.15) is 0 Å². The molecule has 114 valence electrons. The SMILES string of the molecule is CCOP(=O)(OCC)SCCNCc1ccc(Cl)cc1. The second kappa shape index (κ2) is 9.82. The Labute approximate surface area is 129 Å². The third-order valence-electron chi connectivity index (χ3n) is 2.35. The van der Waals surface area contributed by atoms with Gasteiger partial charge in [0.2, 0.25) is 0 Å². The zero-order valence-electron chi connectivity index (χ0n) is 11.8. The molecule has 0 aliphatic rings. The third kappa shape index (κ3) is 7.11. The zero-order chi connectivity index (χ0) is 14.8. The van der Waals surface area contributed by atoms with Crippen LogP contribution in [0.15, 0.2) is 24.3 Å². The van der Waals surface area contributed by atoms with Gasteiger partial charge in [0.15, 0.2) is 0 Å². The Bertz CT molecular complexity index is 420. The minimum Gasteiger partial charge on any atom is -0.312 e. The first kappa shape index (κ1) is 18.0. The Morgan fingerprint density at radius 1 is 1.20 bits per heavy atom. The van der Waals surface area contributed by atoms with Crippen molar-refractivity contribution in [2.24, 2.45) is 0 Å². The van der Waals surface area contributed by atoms with Gasteiger partial charge in [-0.25, -0.2) is 4.57 Å². The Morgan fingerprint density at radius 2 is 1.80 bits per heavy atom. The van der Waals surface area contributed by atoms with E-state index >= 15 is 0 Å². The van der Waals surface area contributed by atoms with Crippen LogP contribution in [0.1, 0.15) is 19.4 Å². The maximum absolute atomic E-state index is 12.2. The highest BCUT2D eigenvalue weighted by Crippen LogP contribution is 2.60. The summed E-state index contributed by atoms with van der Waals surface area (Å²) in [7, 11) is 0. The lowest BCUT2D eigenvalue weighted by Gasteiger charge is -2.15. The summed E-state index contributed by atoms with van der Waals surface area (Å²) in [6.07, 6.45) is 0. The molecule has 0 saturated carbocycles. The number of hydrogen-bond acceptors (Lipinski definition) is 5. The fourth-order valence-corrected chi connectivity index (χ4v) is 4.96. The topological polar surface area (TPSA) is 47.6 Å².